The van der Waals surface area contributed by atoms with Crippen molar-refractivity contribution in [3.05, 3.63) is 35.4 Å². The second-order valence-corrected chi connectivity index (χ2v) is 7.72. The van der Waals surface area contributed by atoms with Crippen molar-refractivity contribution < 1.29 is 0 Å². The fourth-order valence-electron chi connectivity index (χ4n) is 2.61. The van der Waals surface area contributed by atoms with Gasteiger partial charge in [0.05, 0.1) is 0 Å². The van der Waals surface area contributed by atoms with E-state index in [1.54, 1.807) is 0 Å². The predicted molar refractivity (Wildman–Crippen MR) is 85.6 cm³/mol. The highest BCUT2D eigenvalue weighted by Crippen LogP contribution is 2.30. The summed E-state index contributed by atoms with van der Waals surface area (Å²) in [7, 11) is 0. The Morgan fingerprint density at radius 2 is 2.11 bits per heavy atom. The number of nitrogens with one attached hydrogen (secondary N) is 1. The normalized spacial score (nSPS) is 19.5. The van der Waals surface area contributed by atoms with Gasteiger partial charge in [0.1, 0.15) is 0 Å². The lowest BCUT2D eigenvalue weighted by atomic mass is 10.1. The second-order valence-electron chi connectivity index (χ2n) is 5.92. The first-order chi connectivity index (χ1) is 9.09. The molecule has 3 heteroatoms. The molecule has 0 aromatic heterocycles. The minimum Gasteiger partial charge on any atom is -0.313 e. The Labute approximate surface area is 122 Å². The van der Waals surface area contributed by atoms with Crippen molar-refractivity contribution in [2.75, 3.05) is 25.4 Å². The van der Waals surface area contributed by atoms with Crippen LogP contribution in [0.25, 0.3) is 0 Å². The van der Waals surface area contributed by atoms with Gasteiger partial charge in [0.25, 0.3) is 0 Å². The maximum Gasteiger partial charge on any atom is 0.0234 e. The fourth-order valence-corrected chi connectivity index (χ4v) is 3.79. The van der Waals surface area contributed by atoms with Crippen LogP contribution in [0.4, 0.5) is 0 Å². The average molecular weight is 278 g/mol. The third-order valence-corrected chi connectivity index (χ3v) is 4.78. The van der Waals surface area contributed by atoms with Gasteiger partial charge in [-0.3, -0.25) is 4.90 Å². The van der Waals surface area contributed by atoms with Crippen LogP contribution in [-0.2, 0) is 13.1 Å². The molecular formula is C16H26N2S. The SMILES string of the molecule is CCNCc1cccc(CN2CCSC(C)(C)C2)c1. The quantitative estimate of drug-likeness (QED) is 0.891. The molecule has 1 heterocycles. The highest BCUT2D eigenvalue weighted by molar-refractivity contribution is 8.00. The first-order valence-corrected chi connectivity index (χ1v) is 8.22. The van der Waals surface area contributed by atoms with Crippen molar-refractivity contribution in [2.45, 2.75) is 38.6 Å². The Kier molecular flexibility index (Phi) is 5.31. The van der Waals surface area contributed by atoms with Crippen LogP contribution in [0.15, 0.2) is 24.3 Å². The summed E-state index contributed by atoms with van der Waals surface area (Å²) >= 11 is 2.10. The maximum atomic E-state index is 3.39. The van der Waals surface area contributed by atoms with E-state index < -0.39 is 0 Å². The Balaban J connectivity index is 1.94. The predicted octanol–water partition coefficient (Wildman–Crippen LogP) is 3.12. The summed E-state index contributed by atoms with van der Waals surface area (Å²) in [5, 5.41) is 3.39. The zero-order valence-electron chi connectivity index (χ0n) is 12.4. The van der Waals surface area contributed by atoms with E-state index in [-0.39, 0.29) is 0 Å². The molecule has 1 aromatic carbocycles. The van der Waals surface area contributed by atoms with E-state index in [0.29, 0.717) is 4.75 Å². The van der Waals surface area contributed by atoms with E-state index >= 15 is 0 Å². The van der Waals surface area contributed by atoms with Crippen molar-refractivity contribution in [3.63, 3.8) is 0 Å². The molecule has 0 aliphatic carbocycles. The summed E-state index contributed by atoms with van der Waals surface area (Å²) in [5.74, 6) is 1.25. The second kappa shape index (κ2) is 6.78. The molecule has 1 aromatic rings. The molecule has 1 N–H and O–H groups in total. The van der Waals surface area contributed by atoms with E-state index in [2.05, 4.69) is 67.0 Å². The molecule has 0 amide bonds. The van der Waals surface area contributed by atoms with Crippen LogP contribution < -0.4 is 5.32 Å². The van der Waals surface area contributed by atoms with Gasteiger partial charge in [-0.2, -0.15) is 11.8 Å². The summed E-state index contributed by atoms with van der Waals surface area (Å²) in [6, 6.07) is 9.00. The summed E-state index contributed by atoms with van der Waals surface area (Å²) in [5.41, 5.74) is 2.84. The van der Waals surface area contributed by atoms with Crippen LogP contribution >= 0.6 is 11.8 Å². The highest BCUT2D eigenvalue weighted by atomic mass is 32.2. The number of thioether (sulfide) groups is 1. The number of benzene rings is 1. The number of rotatable bonds is 5. The van der Waals surface area contributed by atoms with E-state index in [0.717, 1.165) is 19.6 Å². The summed E-state index contributed by atoms with van der Waals surface area (Å²) in [6.07, 6.45) is 0. The van der Waals surface area contributed by atoms with Crippen LogP contribution in [0.1, 0.15) is 31.9 Å². The van der Waals surface area contributed by atoms with Gasteiger partial charge in [0, 0.05) is 36.7 Å². The molecular weight excluding hydrogens is 252 g/mol. The number of hydrogen-bond acceptors (Lipinski definition) is 3. The molecule has 19 heavy (non-hydrogen) atoms. The molecule has 1 fully saturated rings. The van der Waals surface area contributed by atoms with Crippen molar-refractivity contribution in [1.82, 2.24) is 10.2 Å². The molecule has 0 radical (unpaired) electrons. The van der Waals surface area contributed by atoms with E-state index in [1.807, 2.05) is 0 Å². The largest absolute Gasteiger partial charge is 0.313 e. The molecule has 106 valence electrons. The van der Waals surface area contributed by atoms with Gasteiger partial charge in [-0.25, -0.2) is 0 Å². The van der Waals surface area contributed by atoms with Gasteiger partial charge >= 0.3 is 0 Å². The lowest BCUT2D eigenvalue weighted by molar-refractivity contribution is 0.252. The average Bonchev–Trinajstić information content (AvgIpc) is 2.35. The minimum atomic E-state index is 0.402. The number of nitrogens with zero attached hydrogens (tertiary/aromatic N) is 1. The molecule has 0 bridgehead atoms. The van der Waals surface area contributed by atoms with Gasteiger partial charge in [0.2, 0.25) is 0 Å². The maximum absolute atomic E-state index is 3.39. The first-order valence-electron chi connectivity index (χ1n) is 7.24. The third-order valence-electron chi connectivity index (χ3n) is 3.48. The summed E-state index contributed by atoms with van der Waals surface area (Å²) < 4.78 is 0.402. The summed E-state index contributed by atoms with van der Waals surface area (Å²) in [6.45, 7) is 12.4. The van der Waals surface area contributed by atoms with E-state index in [9.17, 15) is 0 Å². The van der Waals surface area contributed by atoms with Crippen LogP contribution in [0.3, 0.4) is 0 Å². The van der Waals surface area contributed by atoms with Crippen LogP contribution in [0.5, 0.6) is 0 Å². The molecule has 0 unspecified atom stereocenters. The molecule has 2 rings (SSSR count). The zero-order chi connectivity index (χ0) is 13.7. The Morgan fingerprint density at radius 1 is 1.32 bits per heavy atom. The van der Waals surface area contributed by atoms with E-state index in [4.69, 9.17) is 0 Å². The Bertz CT molecular complexity index is 403. The molecule has 1 aliphatic heterocycles. The first kappa shape index (κ1) is 14.9. The van der Waals surface area contributed by atoms with Crippen molar-refractivity contribution in [1.29, 1.82) is 0 Å². The van der Waals surface area contributed by atoms with Gasteiger partial charge in [-0.1, -0.05) is 31.2 Å². The van der Waals surface area contributed by atoms with Crippen LogP contribution in [0.2, 0.25) is 0 Å². The molecule has 0 saturated carbocycles. The zero-order valence-corrected chi connectivity index (χ0v) is 13.2. The van der Waals surface area contributed by atoms with Crippen molar-refractivity contribution >= 4 is 11.8 Å². The Morgan fingerprint density at radius 3 is 2.84 bits per heavy atom. The van der Waals surface area contributed by atoms with Crippen molar-refractivity contribution in [3.8, 4) is 0 Å². The Hall–Kier alpha value is -0.510. The van der Waals surface area contributed by atoms with Crippen molar-refractivity contribution in [2.24, 2.45) is 0 Å². The topological polar surface area (TPSA) is 15.3 Å². The summed E-state index contributed by atoms with van der Waals surface area (Å²) in [4.78, 5) is 2.59. The van der Waals surface area contributed by atoms with Gasteiger partial charge in [-0.05, 0) is 31.5 Å². The smallest absolute Gasteiger partial charge is 0.0234 e. The van der Waals surface area contributed by atoms with Gasteiger partial charge in [0.15, 0.2) is 0 Å². The van der Waals surface area contributed by atoms with Gasteiger partial charge in [-0.15, -0.1) is 0 Å². The molecule has 0 spiro atoms. The third kappa shape index (κ3) is 4.83. The van der Waals surface area contributed by atoms with Crippen LogP contribution in [0, 0.1) is 0 Å². The minimum absolute atomic E-state index is 0.402. The highest BCUT2D eigenvalue weighted by Gasteiger charge is 2.26. The molecule has 1 aliphatic rings. The fraction of sp³-hybridized carbons (Fsp3) is 0.625. The molecule has 0 atom stereocenters. The number of hydrogen-bond donors (Lipinski definition) is 1. The monoisotopic (exact) mass is 278 g/mol. The molecule has 2 nitrogen and oxygen atoms in total. The standard InChI is InChI=1S/C16H26N2S/c1-4-17-11-14-6-5-7-15(10-14)12-18-8-9-19-16(2,3)13-18/h5-7,10,17H,4,8-9,11-13H2,1-3H3. The van der Waals surface area contributed by atoms with E-state index in [1.165, 1.54) is 30.0 Å². The lowest BCUT2D eigenvalue weighted by Gasteiger charge is -2.37. The van der Waals surface area contributed by atoms with Crippen LogP contribution in [-0.4, -0.2) is 35.0 Å². The molecule has 1 saturated heterocycles. The van der Waals surface area contributed by atoms with Gasteiger partial charge < -0.3 is 5.32 Å². The lowest BCUT2D eigenvalue weighted by Crippen LogP contribution is -2.42.